The van der Waals surface area contributed by atoms with Gasteiger partial charge in [0.25, 0.3) is 0 Å². The highest BCUT2D eigenvalue weighted by molar-refractivity contribution is 5.88. The summed E-state index contributed by atoms with van der Waals surface area (Å²) in [6, 6.07) is 0. The van der Waals surface area contributed by atoms with Gasteiger partial charge in [-0.15, -0.1) is 0 Å². The highest BCUT2D eigenvalue weighted by Gasteiger charge is 1.98. The van der Waals surface area contributed by atoms with Crippen molar-refractivity contribution in [3.8, 4) is 11.8 Å². The number of esters is 1. The third-order valence-corrected chi connectivity index (χ3v) is 1.36. The SMILES string of the molecule is CCCCC(O)C#CC(=O)OC. The molecule has 0 fully saturated rings. The second kappa shape index (κ2) is 6.68. The Morgan fingerprint density at radius 3 is 2.83 bits per heavy atom. The normalized spacial score (nSPS) is 11.2. The molecule has 3 heteroatoms. The lowest BCUT2D eigenvalue weighted by atomic mass is 10.2. The summed E-state index contributed by atoms with van der Waals surface area (Å²) in [5.41, 5.74) is 0. The number of hydrogen-bond acceptors (Lipinski definition) is 3. The van der Waals surface area contributed by atoms with Crippen LogP contribution in [-0.4, -0.2) is 24.3 Å². The summed E-state index contributed by atoms with van der Waals surface area (Å²) in [5.74, 6) is 3.97. The first-order valence-corrected chi connectivity index (χ1v) is 3.98. The molecule has 12 heavy (non-hydrogen) atoms. The Kier molecular flexibility index (Phi) is 6.12. The standard InChI is InChI=1S/C9H14O3/c1-3-4-5-8(10)6-7-9(11)12-2/h8,10H,3-5H2,1-2H3. The number of rotatable bonds is 3. The van der Waals surface area contributed by atoms with Crippen molar-refractivity contribution in [1.82, 2.24) is 0 Å². The van der Waals surface area contributed by atoms with Gasteiger partial charge in [0.2, 0.25) is 0 Å². The van der Waals surface area contributed by atoms with Gasteiger partial charge in [-0.1, -0.05) is 25.7 Å². The Morgan fingerprint density at radius 2 is 2.33 bits per heavy atom. The second-order valence-corrected chi connectivity index (χ2v) is 2.42. The molecule has 1 unspecified atom stereocenters. The fourth-order valence-corrected chi connectivity index (χ4v) is 0.663. The zero-order valence-electron chi connectivity index (χ0n) is 7.46. The van der Waals surface area contributed by atoms with Gasteiger partial charge in [0.05, 0.1) is 7.11 Å². The van der Waals surface area contributed by atoms with Gasteiger partial charge >= 0.3 is 5.97 Å². The number of hydrogen-bond donors (Lipinski definition) is 1. The lowest BCUT2D eigenvalue weighted by Gasteiger charge is -1.99. The average Bonchev–Trinajstić information content (AvgIpc) is 2.10. The van der Waals surface area contributed by atoms with Crippen LogP contribution in [0, 0.1) is 11.8 Å². The van der Waals surface area contributed by atoms with Crippen molar-refractivity contribution < 1.29 is 14.6 Å². The first kappa shape index (κ1) is 11.0. The molecule has 0 saturated heterocycles. The van der Waals surface area contributed by atoms with E-state index in [0.29, 0.717) is 6.42 Å². The molecule has 0 bridgehead atoms. The van der Waals surface area contributed by atoms with Crippen LogP contribution in [0.15, 0.2) is 0 Å². The van der Waals surface area contributed by atoms with E-state index >= 15 is 0 Å². The molecule has 0 spiro atoms. The first-order valence-electron chi connectivity index (χ1n) is 3.98. The highest BCUT2D eigenvalue weighted by Crippen LogP contribution is 1.98. The van der Waals surface area contributed by atoms with Gasteiger partial charge in [-0.2, -0.15) is 0 Å². The number of aliphatic hydroxyl groups is 1. The Hall–Kier alpha value is -1.01. The minimum atomic E-state index is -0.705. The molecule has 3 nitrogen and oxygen atoms in total. The van der Waals surface area contributed by atoms with Crippen molar-refractivity contribution in [2.75, 3.05) is 7.11 Å². The fraction of sp³-hybridized carbons (Fsp3) is 0.667. The van der Waals surface area contributed by atoms with Crippen molar-refractivity contribution in [3.05, 3.63) is 0 Å². The van der Waals surface area contributed by atoms with Crippen molar-refractivity contribution in [2.45, 2.75) is 32.3 Å². The predicted molar refractivity (Wildman–Crippen MR) is 45.3 cm³/mol. The van der Waals surface area contributed by atoms with Crippen LogP contribution in [0.1, 0.15) is 26.2 Å². The molecule has 1 N–H and O–H groups in total. The van der Waals surface area contributed by atoms with Crippen LogP contribution in [0.3, 0.4) is 0 Å². The molecule has 0 aliphatic heterocycles. The summed E-state index contributed by atoms with van der Waals surface area (Å²) in [7, 11) is 1.26. The topological polar surface area (TPSA) is 46.5 Å². The van der Waals surface area contributed by atoms with E-state index in [1.807, 2.05) is 6.92 Å². The molecule has 0 aromatic rings. The van der Waals surface area contributed by atoms with Crippen LogP contribution in [0.5, 0.6) is 0 Å². The summed E-state index contributed by atoms with van der Waals surface area (Å²) in [6.45, 7) is 2.03. The fourth-order valence-electron chi connectivity index (χ4n) is 0.663. The number of carbonyl (C=O) groups is 1. The lowest BCUT2D eigenvalue weighted by molar-refractivity contribution is -0.133. The lowest BCUT2D eigenvalue weighted by Crippen LogP contribution is -2.04. The molecule has 0 aliphatic rings. The van der Waals surface area contributed by atoms with Crippen LogP contribution >= 0.6 is 0 Å². The molecular weight excluding hydrogens is 156 g/mol. The van der Waals surface area contributed by atoms with Gasteiger partial charge in [-0.3, -0.25) is 0 Å². The zero-order chi connectivity index (χ0) is 9.40. The first-order chi connectivity index (χ1) is 5.70. The van der Waals surface area contributed by atoms with E-state index < -0.39 is 12.1 Å². The quantitative estimate of drug-likeness (QED) is 0.385. The maximum Gasteiger partial charge on any atom is 0.384 e. The number of unbranched alkanes of at least 4 members (excludes halogenated alkanes) is 1. The van der Waals surface area contributed by atoms with E-state index in [0.717, 1.165) is 12.8 Å². The molecule has 68 valence electrons. The maximum atomic E-state index is 10.5. The zero-order valence-corrected chi connectivity index (χ0v) is 7.46. The summed E-state index contributed by atoms with van der Waals surface area (Å²) in [4.78, 5) is 10.5. The highest BCUT2D eigenvalue weighted by atomic mass is 16.5. The Balaban J connectivity index is 3.70. The summed E-state index contributed by atoms with van der Waals surface area (Å²) in [6.07, 6.45) is 1.83. The number of aliphatic hydroxyl groups excluding tert-OH is 1. The predicted octanol–water partition coefficient (Wildman–Crippen LogP) is 0.714. The summed E-state index contributed by atoms with van der Waals surface area (Å²) >= 11 is 0. The van der Waals surface area contributed by atoms with E-state index in [-0.39, 0.29) is 0 Å². The monoisotopic (exact) mass is 170 g/mol. The Morgan fingerprint density at radius 1 is 1.67 bits per heavy atom. The molecule has 0 aromatic heterocycles. The number of carbonyl (C=O) groups excluding carboxylic acids is 1. The van der Waals surface area contributed by atoms with Crippen LogP contribution < -0.4 is 0 Å². The van der Waals surface area contributed by atoms with Crippen LogP contribution in [0.25, 0.3) is 0 Å². The molecular formula is C9H14O3. The van der Waals surface area contributed by atoms with Gasteiger partial charge in [0.15, 0.2) is 0 Å². The third-order valence-electron chi connectivity index (χ3n) is 1.36. The third kappa shape index (κ3) is 5.75. The Bertz CT molecular complexity index is 188. The second-order valence-electron chi connectivity index (χ2n) is 2.42. The minimum Gasteiger partial charge on any atom is -0.459 e. The number of methoxy groups -OCH3 is 1. The Labute approximate surface area is 72.7 Å². The van der Waals surface area contributed by atoms with Crippen LogP contribution in [0.4, 0.5) is 0 Å². The van der Waals surface area contributed by atoms with Gasteiger partial charge in [0.1, 0.15) is 6.10 Å². The molecule has 0 heterocycles. The van der Waals surface area contributed by atoms with Crippen LogP contribution in [0.2, 0.25) is 0 Å². The van der Waals surface area contributed by atoms with E-state index in [1.54, 1.807) is 0 Å². The summed E-state index contributed by atoms with van der Waals surface area (Å²) < 4.78 is 4.28. The summed E-state index contributed by atoms with van der Waals surface area (Å²) in [5, 5.41) is 9.14. The molecule has 0 amide bonds. The van der Waals surface area contributed by atoms with Crippen molar-refractivity contribution in [3.63, 3.8) is 0 Å². The molecule has 0 saturated carbocycles. The van der Waals surface area contributed by atoms with E-state index in [1.165, 1.54) is 7.11 Å². The molecule has 1 atom stereocenters. The molecule has 0 aliphatic carbocycles. The van der Waals surface area contributed by atoms with Crippen LogP contribution in [-0.2, 0) is 9.53 Å². The van der Waals surface area contributed by atoms with Crippen molar-refractivity contribution in [2.24, 2.45) is 0 Å². The molecule has 0 radical (unpaired) electrons. The van der Waals surface area contributed by atoms with E-state index in [2.05, 4.69) is 16.6 Å². The van der Waals surface area contributed by atoms with Gasteiger partial charge in [0, 0.05) is 5.92 Å². The van der Waals surface area contributed by atoms with Gasteiger partial charge < -0.3 is 9.84 Å². The minimum absolute atomic E-state index is 0.606. The smallest absolute Gasteiger partial charge is 0.384 e. The van der Waals surface area contributed by atoms with Gasteiger partial charge in [-0.05, 0) is 6.42 Å². The van der Waals surface area contributed by atoms with Crippen molar-refractivity contribution in [1.29, 1.82) is 0 Å². The molecule has 0 aromatic carbocycles. The largest absolute Gasteiger partial charge is 0.459 e. The van der Waals surface area contributed by atoms with Gasteiger partial charge in [-0.25, -0.2) is 4.79 Å². The molecule has 0 rings (SSSR count). The number of ether oxygens (including phenoxy) is 1. The van der Waals surface area contributed by atoms with Crippen molar-refractivity contribution >= 4 is 5.97 Å². The average molecular weight is 170 g/mol. The van der Waals surface area contributed by atoms with E-state index in [9.17, 15) is 4.79 Å². The maximum absolute atomic E-state index is 10.5. The van der Waals surface area contributed by atoms with E-state index in [4.69, 9.17) is 5.11 Å².